The number of carbonyl (C=O) groups excluding carboxylic acids is 1. The van der Waals surface area contributed by atoms with Crippen LogP contribution >= 0.6 is 0 Å². The van der Waals surface area contributed by atoms with E-state index in [4.69, 9.17) is 0 Å². The summed E-state index contributed by atoms with van der Waals surface area (Å²) in [5.74, 6) is -0.0139. The van der Waals surface area contributed by atoms with Crippen LogP contribution in [-0.2, 0) is 6.42 Å². The van der Waals surface area contributed by atoms with E-state index in [2.05, 4.69) is 36.5 Å². The molecule has 0 radical (unpaired) electrons. The standard InChI is InChI=1S/C23H23NO/c1-18(16-17-19-10-4-2-5-11-19)24-23(25)22-15-9-8-14-21(22)20-12-6-3-7-13-20/h2-15,18H,16-17H2,1H3,(H,24,25)/t18-/m1/s1. The summed E-state index contributed by atoms with van der Waals surface area (Å²) in [4.78, 5) is 12.7. The minimum atomic E-state index is -0.0139. The minimum absolute atomic E-state index is 0.0139. The average Bonchev–Trinajstić information content (AvgIpc) is 2.68. The highest BCUT2D eigenvalue weighted by Crippen LogP contribution is 2.23. The Balaban J connectivity index is 1.67. The third-order valence-corrected chi connectivity index (χ3v) is 4.34. The smallest absolute Gasteiger partial charge is 0.252 e. The van der Waals surface area contributed by atoms with E-state index < -0.39 is 0 Å². The third kappa shape index (κ3) is 4.57. The molecule has 3 aromatic rings. The topological polar surface area (TPSA) is 29.1 Å². The van der Waals surface area contributed by atoms with Gasteiger partial charge in [0.1, 0.15) is 0 Å². The maximum Gasteiger partial charge on any atom is 0.252 e. The second kappa shape index (κ2) is 8.29. The Bertz CT molecular complexity index is 812. The van der Waals surface area contributed by atoms with Crippen LogP contribution in [-0.4, -0.2) is 11.9 Å². The Labute approximate surface area is 149 Å². The van der Waals surface area contributed by atoms with Gasteiger partial charge in [-0.3, -0.25) is 4.79 Å². The molecule has 2 heteroatoms. The van der Waals surface area contributed by atoms with Crippen LogP contribution in [0.25, 0.3) is 11.1 Å². The van der Waals surface area contributed by atoms with Gasteiger partial charge in [0.15, 0.2) is 0 Å². The molecule has 0 aromatic heterocycles. The number of rotatable bonds is 6. The van der Waals surface area contributed by atoms with E-state index in [0.717, 1.165) is 29.5 Å². The van der Waals surface area contributed by atoms with Crippen molar-refractivity contribution in [3.05, 3.63) is 96.1 Å². The number of carbonyl (C=O) groups is 1. The lowest BCUT2D eigenvalue weighted by Gasteiger charge is -2.16. The quantitative estimate of drug-likeness (QED) is 0.669. The number of nitrogens with one attached hydrogen (secondary N) is 1. The van der Waals surface area contributed by atoms with E-state index in [0.29, 0.717) is 0 Å². The van der Waals surface area contributed by atoms with Crippen molar-refractivity contribution in [3.8, 4) is 11.1 Å². The molecule has 3 aromatic carbocycles. The van der Waals surface area contributed by atoms with E-state index in [1.165, 1.54) is 5.56 Å². The first kappa shape index (κ1) is 17.0. The largest absolute Gasteiger partial charge is 0.350 e. The van der Waals surface area contributed by atoms with Crippen molar-refractivity contribution < 1.29 is 4.79 Å². The van der Waals surface area contributed by atoms with Crippen LogP contribution in [0.15, 0.2) is 84.9 Å². The van der Waals surface area contributed by atoms with Gasteiger partial charge in [-0.15, -0.1) is 0 Å². The summed E-state index contributed by atoms with van der Waals surface area (Å²) in [5.41, 5.74) is 4.05. The molecule has 126 valence electrons. The van der Waals surface area contributed by atoms with Crippen molar-refractivity contribution >= 4 is 5.91 Å². The lowest BCUT2D eigenvalue weighted by atomic mass is 9.99. The van der Waals surface area contributed by atoms with Gasteiger partial charge in [0.2, 0.25) is 0 Å². The first-order valence-electron chi connectivity index (χ1n) is 8.73. The van der Waals surface area contributed by atoms with Gasteiger partial charge in [-0.2, -0.15) is 0 Å². The molecular weight excluding hydrogens is 306 g/mol. The summed E-state index contributed by atoms with van der Waals surface area (Å²) in [6, 6.07) is 28.3. The van der Waals surface area contributed by atoms with E-state index in [9.17, 15) is 4.79 Å². The number of hydrogen-bond donors (Lipinski definition) is 1. The summed E-state index contributed by atoms with van der Waals surface area (Å²) in [6.45, 7) is 2.06. The second-order valence-electron chi connectivity index (χ2n) is 6.31. The number of hydrogen-bond acceptors (Lipinski definition) is 1. The number of amides is 1. The van der Waals surface area contributed by atoms with Crippen LogP contribution in [0.1, 0.15) is 29.3 Å². The van der Waals surface area contributed by atoms with Gasteiger partial charge in [0.25, 0.3) is 5.91 Å². The fraction of sp³-hybridized carbons (Fsp3) is 0.174. The molecule has 0 saturated heterocycles. The molecule has 0 unspecified atom stereocenters. The SMILES string of the molecule is C[C@H](CCc1ccccc1)NC(=O)c1ccccc1-c1ccccc1. The lowest BCUT2D eigenvalue weighted by molar-refractivity contribution is 0.0939. The van der Waals surface area contributed by atoms with Gasteiger partial charge in [-0.25, -0.2) is 0 Å². The lowest BCUT2D eigenvalue weighted by Crippen LogP contribution is -2.33. The first-order chi connectivity index (χ1) is 12.2. The van der Waals surface area contributed by atoms with Crippen molar-refractivity contribution in [1.29, 1.82) is 0 Å². The second-order valence-corrected chi connectivity index (χ2v) is 6.31. The summed E-state index contributed by atoms with van der Waals surface area (Å²) in [7, 11) is 0. The molecule has 1 amide bonds. The van der Waals surface area contributed by atoms with E-state index >= 15 is 0 Å². The van der Waals surface area contributed by atoms with Gasteiger partial charge >= 0.3 is 0 Å². The molecule has 0 aliphatic carbocycles. The molecule has 1 N–H and O–H groups in total. The molecule has 0 spiro atoms. The summed E-state index contributed by atoms with van der Waals surface area (Å²) >= 11 is 0. The van der Waals surface area contributed by atoms with Crippen molar-refractivity contribution in [2.45, 2.75) is 25.8 Å². The van der Waals surface area contributed by atoms with Crippen molar-refractivity contribution in [2.75, 3.05) is 0 Å². The molecule has 0 aliphatic rings. The van der Waals surface area contributed by atoms with Crippen molar-refractivity contribution in [1.82, 2.24) is 5.32 Å². The van der Waals surface area contributed by atoms with Gasteiger partial charge in [0.05, 0.1) is 0 Å². The molecule has 25 heavy (non-hydrogen) atoms. The van der Waals surface area contributed by atoms with Crippen molar-refractivity contribution in [2.24, 2.45) is 0 Å². The van der Waals surface area contributed by atoms with Crippen LogP contribution in [0.3, 0.4) is 0 Å². The maximum absolute atomic E-state index is 12.7. The molecule has 1 atom stereocenters. The molecule has 0 fully saturated rings. The normalized spacial score (nSPS) is 11.7. The predicted molar refractivity (Wildman–Crippen MR) is 104 cm³/mol. The molecule has 0 bridgehead atoms. The van der Waals surface area contributed by atoms with Gasteiger partial charge in [0, 0.05) is 11.6 Å². The summed E-state index contributed by atoms with van der Waals surface area (Å²) < 4.78 is 0. The summed E-state index contributed by atoms with van der Waals surface area (Å²) in [5, 5.41) is 3.14. The Morgan fingerprint density at radius 3 is 2.16 bits per heavy atom. The van der Waals surface area contributed by atoms with Crippen molar-refractivity contribution in [3.63, 3.8) is 0 Å². The maximum atomic E-state index is 12.7. The Kier molecular flexibility index (Phi) is 5.63. The summed E-state index contributed by atoms with van der Waals surface area (Å²) in [6.07, 6.45) is 1.88. The highest BCUT2D eigenvalue weighted by molar-refractivity contribution is 6.01. The van der Waals surface area contributed by atoms with Gasteiger partial charge < -0.3 is 5.32 Å². The Morgan fingerprint density at radius 1 is 0.840 bits per heavy atom. The van der Waals surface area contributed by atoms with E-state index in [1.807, 2.05) is 60.7 Å². The number of aryl methyl sites for hydroxylation is 1. The predicted octanol–water partition coefficient (Wildman–Crippen LogP) is 5.10. The van der Waals surface area contributed by atoms with Gasteiger partial charge in [-0.1, -0.05) is 78.9 Å². The average molecular weight is 329 g/mol. The molecule has 2 nitrogen and oxygen atoms in total. The molecule has 0 aliphatic heterocycles. The Hall–Kier alpha value is -2.87. The van der Waals surface area contributed by atoms with E-state index in [1.54, 1.807) is 0 Å². The molecular formula is C23H23NO. The van der Waals surface area contributed by atoms with Crippen LogP contribution in [0.2, 0.25) is 0 Å². The van der Waals surface area contributed by atoms with Crippen LogP contribution < -0.4 is 5.32 Å². The number of benzene rings is 3. The zero-order chi connectivity index (χ0) is 17.5. The molecule has 0 heterocycles. The molecule has 3 rings (SSSR count). The van der Waals surface area contributed by atoms with Gasteiger partial charge in [-0.05, 0) is 42.5 Å². The first-order valence-corrected chi connectivity index (χ1v) is 8.73. The van der Waals surface area contributed by atoms with Crippen LogP contribution in [0.4, 0.5) is 0 Å². The molecule has 0 saturated carbocycles. The fourth-order valence-corrected chi connectivity index (χ4v) is 2.95. The van der Waals surface area contributed by atoms with Crippen LogP contribution in [0, 0.1) is 0 Å². The third-order valence-electron chi connectivity index (χ3n) is 4.34. The Morgan fingerprint density at radius 2 is 1.44 bits per heavy atom. The fourth-order valence-electron chi connectivity index (χ4n) is 2.95. The highest BCUT2D eigenvalue weighted by Gasteiger charge is 2.14. The highest BCUT2D eigenvalue weighted by atomic mass is 16.1. The van der Waals surface area contributed by atoms with Crippen LogP contribution in [0.5, 0.6) is 0 Å². The minimum Gasteiger partial charge on any atom is -0.350 e. The monoisotopic (exact) mass is 329 g/mol. The zero-order valence-corrected chi connectivity index (χ0v) is 14.5. The van der Waals surface area contributed by atoms with E-state index in [-0.39, 0.29) is 11.9 Å². The zero-order valence-electron chi connectivity index (χ0n) is 14.5.